The summed E-state index contributed by atoms with van der Waals surface area (Å²) in [5.74, 6) is 0.165. The third-order valence-electron chi connectivity index (χ3n) is 3.57. The number of carbonyl (C=O) groups excluding carboxylic acids is 1. The molecule has 0 aliphatic heterocycles. The van der Waals surface area contributed by atoms with Crippen LogP contribution in [0.3, 0.4) is 0 Å². The molecule has 1 aliphatic carbocycles. The van der Waals surface area contributed by atoms with Crippen LogP contribution in [0.2, 0.25) is 0 Å². The van der Waals surface area contributed by atoms with Crippen molar-refractivity contribution in [1.82, 2.24) is 4.90 Å². The molecule has 3 heteroatoms. The lowest BCUT2D eigenvalue weighted by molar-refractivity contribution is -0.128. The van der Waals surface area contributed by atoms with Crippen LogP contribution in [0.5, 0.6) is 0 Å². The summed E-state index contributed by atoms with van der Waals surface area (Å²) in [7, 11) is 0. The Hall–Kier alpha value is -1.09. The van der Waals surface area contributed by atoms with Gasteiger partial charge in [-0.05, 0) is 37.3 Å². The summed E-state index contributed by atoms with van der Waals surface area (Å²) in [6.07, 6.45) is 9.86. The third-order valence-corrected chi connectivity index (χ3v) is 4.41. The minimum atomic E-state index is 0.165. The van der Waals surface area contributed by atoms with Crippen LogP contribution < -0.4 is 0 Å². The predicted molar refractivity (Wildman–Crippen MR) is 77.6 cm³/mol. The van der Waals surface area contributed by atoms with E-state index in [4.69, 9.17) is 0 Å². The van der Waals surface area contributed by atoms with Crippen LogP contribution in [0.1, 0.15) is 43.9 Å². The van der Waals surface area contributed by atoms with Crippen molar-refractivity contribution in [2.45, 2.75) is 45.1 Å². The number of hydrogen-bond acceptors (Lipinski definition) is 2. The van der Waals surface area contributed by atoms with Crippen LogP contribution in [-0.4, -0.2) is 23.4 Å². The molecule has 0 spiro atoms. The summed E-state index contributed by atoms with van der Waals surface area (Å²) in [5.41, 5.74) is 0. The van der Waals surface area contributed by atoms with E-state index in [9.17, 15) is 4.79 Å². The first-order chi connectivity index (χ1) is 8.81. The lowest BCUT2D eigenvalue weighted by Gasteiger charge is -2.32. The average molecular weight is 263 g/mol. The summed E-state index contributed by atoms with van der Waals surface area (Å²) < 4.78 is 0. The Kier molecular flexibility index (Phi) is 5.00. The van der Waals surface area contributed by atoms with Gasteiger partial charge < -0.3 is 4.90 Å². The molecule has 1 aromatic rings. The molecule has 0 saturated heterocycles. The molecule has 0 aromatic carbocycles. The zero-order valence-corrected chi connectivity index (χ0v) is 11.8. The topological polar surface area (TPSA) is 20.3 Å². The first-order valence-electron chi connectivity index (χ1n) is 6.83. The minimum Gasteiger partial charge on any atom is -0.336 e. The maximum atomic E-state index is 12.2. The lowest BCUT2D eigenvalue weighted by Crippen LogP contribution is -2.40. The highest BCUT2D eigenvalue weighted by molar-refractivity contribution is 7.10. The Morgan fingerprint density at radius 1 is 1.44 bits per heavy atom. The van der Waals surface area contributed by atoms with Crippen molar-refractivity contribution in [1.29, 1.82) is 0 Å². The standard InChI is InChI=1S/C15H21NOS/c1-2-16(13-7-4-3-5-8-13)15(17)11-10-14-9-6-12-18-14/h6,9-13H,2-5,7-8H2,1H3. The zero-order chi connectivity index (χ0) is 12.8. The number of likely N-dealkylation sites (N-methyl/N-ethyl adjacent to an activating group) is 1. The summed E-state index contributed by atoms with van der Waals surface area (Å²) >= 11 is 1.66. The second-order valence-corrected chi connectivity index (χ2v) is 5.74. The molecule has 1 heterocycles. The Morgan fingerprint density at radius 2 is 2.22 bits per heavy atom. The molecule has 98 valence electrons. The molecule has 1 saturated carbocycles. The summed E-state index contributed by atoms with van der Waals surface area (Å²) in [5, 5.41) is 2.03. The van der Waals surface area contributed by atoms with Gasteiger partial charge in [0, 0.05) is 23.5 Å². The quantitative estimate of drug-likeness (QED) is 0.753. The van der Waals surface area contributed by atoms with E-state index in [0.717, 1.165) is 11.4 Å². The highest BCUT2D eigenvalue weighted by atomic mass is 32.1. The van der Waals surface area contributed by atoms with Crippen molar-refractivity contribution in [3.8, 4) is 0 Å². The van der Waals surface area contributed by atoms with Gasteiger partial charge in [-0.3, -0.25) is 4.79 Å². The van der Waals surface area contributed by atoms with E-state index in [0.29, 0.717) is 6.04 Å². The maximum Gasteiger partial charge on any atom is 0.246 e. The van der Waals surface area contributed by atoms with Gasteiger partial charge in [0.25, 0.3) is 0 Å². The Morgan fingerprint density at radius 3 is 2.83 bits per heavy atom. The van der Waals surface area contributed by atoms with E-state index in [-0.39, 0.29) is 5.91 Å². The van der Waals surface area contributed by atoms with E-state index in [2.05, 4.69) is 6.92 Å². The van der Waals surface area contributed by atoms with Crippen LogP contribution in [0.15, 0.2) is 23.6 Å². The first kappa shape index (κ1) is 13.3. The first-order valence-corrected chi connectivity index (χ1v) is 7.71. The Labute approximate surface area is 113 Å². The molecule has 1 fully saturated rings. The van der Waals surface area contributed by atoms with E-state index in [1.54, 1.807) is 17.4 Å². The minimum absolute atomic E-state index is 0.165. The van der Waals surface area contributed by atoms with E-state index in [1.807, 2.05) is 28.5 Å². The van der Waals surface area contributed by atoms with Gasteiger partial charge >= 0.3 is 0 Å². The van der Waals surface area contributed by atoms with Gasteiger partial charge in [0.2, 0.25) is 5.91 Å². The molecule has 0 radical (unpaired) electrons. The Bertz CT molecular complexity index is 391. The van der Waals surface area contributed by atoms with E-state index in [1.165, 1.54) is 32.1 Å². The molecule has 0 unspecified atom stereocenters. The summed E-state index contributed by atoms with van der Waals surface area (Å²) in [4.78, 5) is 15.4. The molecule has 0 N–H and O–H groups in total. The van der Waals surface area contributed by atoms with Crippen molar-refractivity contribution < 1.29 is 4.79 Å². The third kappa shape index (κ3) is 3.45. The maximum absolute atomic E-state index is 12.2. The number of thiophene rings is 1. The second-order valence-electron chi connectivity index (χ2n) is 4.76. The van der Waals surface area contributed by atoms with Crippen molar-refractivity contribution in [3.05, 3.63) is 28.5 Å². The highest BCUT2D eigenvalue weighted by Gasteiger charge is 2.22. The summed E-state index contributed by atoms with van der Waals surface area (Å²) in [6, 6.07) is 4.50. The number of carbonyl (C=O) groups is 1. The number of rotatable bonds is 4. The van der Waals surface area contributed by atoms with Gasteiger partial charge in [-0.2, -0.15) is 0 Å². The predicted octanol–water partition coefficient (Wildman–Crippen LogP) is 3.94. The fraction of sp³-hybridized carbons (Fsp3) is 0.533. The fourth-order valence-corrected chi connectivity index (χ4v) is 3.24. The number of amides is 1. The molecule has 18 heavy (non-hydrogen) atoms. The van der Waals surface area contributed by atoms with Crippen molar-refractivity contribution in [3.63, 3.8) is 0 Å². The van der Waals surface area contributed by atoms with Crippen LogP contribution in [0.4, 0.5) is 0 Å². The zero-order valence-electron chi connectivity index (χ0n) is 11.0. The second kappa shape index (κ2) is 6.74. The smallest absolute Gasteiger partial charge is 0.246 e. The van der Waals surface area contributed by atoms with Gasteiger partial charge in [0.1, 0.15) is 0 Å². The van der Waals surface area contributed by atoms with Gasteiger partial charge in [0.15, 0.2) is 0 Å². The molecule has 0 atom stereocenters. The molecule has 2 nitrogen and oxygen atoms in total. The van der Waals surface area contributed by atoms with Crippen molar-refractivity contribution in [2.75, 3.05) is 6.54 Å². The normalized spacial score (nSPS) is 17.2. The van der Waals surface area contributed by atoms with Crippen LogP contribution in [-0.2, 0) is 4.79 Å². The number of hydrogen-bond donors (Lipinski definition) is 0. The van der Waals surface area contributed by atoms with Crippen molar-refractivity contribution in [2.24, 2.45) is 0 Å². The summed E-state index contributed by atoms with van der Waals surface area (Å²) in [6.45, 7) is 2.89. The molecule has 1 aromatic heterocycles. The Balaban J connectivity index is 1.96. The highest BCUT2D eigenvalue weighted by Crippen LogP contribution is 2.23. The van der Waals surface area contributed by atoms with Crippen LogP contribution >= 0.6 is 11.3 Å². The monoisotopic (exact) mass is 263 g/mol. The SMILES string of the molecule is CCN(C(=O)C=Cc1cccs1)C1CCCCC1. The van der Waals surface area contributed by atoms with Gasteiger partial charge in [-0.15, -0.1) is 11.3 Å². The van der Waals surface area contributed by atoms with E-state index >= 15 is 0 Å². The molecule has 1 amide bonds. The average Bonchev–Trinajstić information content (AvgIpc) is 2.92. The molecule has 1 aliphatic rings. The van der Waals surface area contributed by atoms with Gasteiger partial charge in [0.05, 0.1) is 0 Å². The fourth-order valence-electron chi connectivity index (χ4n) is 2.62. The van der Waals surface area contributed by atoms with Gasteiger partial charge in [-0.25, -0.2) is 0 Å². The van der Waals surface area contributed by atoms with Crippen molar-refractivity contribution >= 4 is 23.3 Å². The van der Waals surface area contributed by atoms with Crippen LogP contribution in [0.25, 0.3) is 6.08 Å². The van der Waals surface area contributed by atoms with Crippen LogP contribution in [0, 0.1) is 0 Å². The molecular weight excluding hydrogens is 242 g/mol. The number of nitrogens with zero attached hydrogens (tertiary/aromatic N) is 1. The lowest BCUT2D eigenvalue weighted by atomic mass is 9.94. The molecular formula is C15H21NOS. The molecule has 2 rings (SSSR count). The largest absolute Gasteiger partial charge is 0.336 e. The van der Waals surface area contributed by atoms with E-state index < -0.39 is 0 Å². The van der Waals surface area contributed by atoms with Gasteiger partial charge in [-0.1, -0.05) is 25.3 Å². The molecule has 0 bridgehead atoms.